The Hall–Kier alpha value is -7.35. The van der Waals surface area contributed by atoms with Gasteiger partial charge in [0.15, 0.2) is 0 Å². The lowest BCUT2D eigenvalue weighted by Crippen LogP contribution is -1.97. The summed E-state index contributed by atoms with van der Waals surface area (Å²) in [6.45, 7) is 0. The van der Waals surface area contributed by atoms with Crippen molar-refractivity contribution in [2.24, 2.45) is 0 Å². The van der Waals surface area contributed by atoms with Gasteiger partial charge in [0.2, 0.25) is 0 Å². The predicted molar refractivity (Wildman–Crippen MR) is 218 cm³/mol. The van der Waals surface area contributed by atoms with Crippen LogP contribution in [-0.4, -0.2) is 9.13 Å². The summed E-state index contributed by atoms with van der Waals surface area (Å²) >= 11 is 0. The summed E-state index contributed by atoms with van der Waals surface area (Å²) in [5.74, 6) is 0. The van der Waals surface area contributed by atoms with Gasteiger partial charge in [-0.15, -0.1) is 0 Å². The molecule has 0 unspecified atom stereocenters. The van der Waals surface area contributed by atoms with E-state index in [0.717, 1.165) is 88.4 Å². The van der Waals surface area contributed by atoms with Gasteiger partial charge in [0.25, 0.3) is 0 Å². The third-order valence-corrected chi connectivity index (χ3v) is 10.7. The number of fused-ring (bicyclic) bond motifs is 10. The molecular formula is C49H29N3O. The van der Waals surface area contributed by atoms with Gasteiger partial charge < -0.3 is 13.6 Å². The normalized spacial score (nSPS) is 11.8. The number of aromatic nitrogens is 2. The first kappa shape index (κ1) is 29.4. The zero-order valence-electron chi connectivity index (χ0n) is 28.5. The number of furan rings is 1. The summed E-state index contributed by atoms with van der Waals surface area (Å²) in [7, 11) is 0. The van der Waals surface area contributed by atoms with E-state index in [1.165, 1.54) is 10.8 Å². The van der Waals surface area contributed by atoms with Crippen molar-refractivity contribution >= 4 is 65.6 Å². The smallest absolute Gasteiger partial charge is 0.145 e. The zero-order valence-corrected chi connectivity index (χ0v) is 28.5. The molecule has 0 fully saturated rings. The van der Waals surface area contributed by atoms with Crippen LogP contribution in [0.15, 0.2) is 180 Å². The number of hydrogen-bond acceptors (Lipinski definition) is 2. The Labute approximate surface area is 304 Å². The van der Waals surface area contributed by atoms with E-state index in [-0.39, 0.29) is 0 Å². The third-order valence-electron chi connectivity index (χ3n) is 10.7. The van der Waals surface area contributed by atoms with Gasteiger partial charge in [-0.2, -0.15) is 5.26 Å². The van der Waals surface area contributed by atoms with Gasteiger partial charge in [-0.25, -0.2) is 0 Å². The van der Waals surface area contributed by atoms with Crippen LogP contribution in [0, 0.1) is 11.3 Å². The van der Waals surface area contributed by atoms with E-state index in [0.29, 0.717) is 5.56 Å². The van der Waals surface area contributed by atoms with Crippen molar-refractivity contribution in [3.8, 4) is 39.7 Å². The van der Waals surface area contributed by atoms with Gasteiger partial charge in [-0.3, -0.25) is 0 Å². The highest BCUT2D eigenvalue weighted by Gasteiger charge is 2.22. The maximum Gasteiger partial charge on any atom is 0.145 e. The molecule has 0 aliphatic rings. The maximum atomic E-state index is 10.3. The molecule has 0 saturated heterocycles. The number of rotatable bonds is 4. The minimum absolute atomic E-state index is 0.612. The summed E-state index contributed by atoms with van der Waals surface area (Å²) in [6.07, 6.45) is 0. The monoisotopic (exact) mass is 675 g/mol. The highest BCUT2D eigenvalue weighted by molar-refractivity contribution is 6.26. The van der Waals surface area contributed by atoms with Crippen molar-refractivity contribution in [1.82, 2.24) is 9.13 Å². The zero-order chi connectivity index (χ0) is 35.0. The first-order chi connectivity index (χ1) is 26.2. The fourth-order valence-corrected chi connectivity index (χ4v) is 8.46. The van der Waals surface area contributed by atoms with Gasteiger partial charge in [0.1, 0.15) is 11.2 Å². The Balaban J connectivity index is 1.17. The molecule has 3 heterocycles. The molecule has 0 radical (unpaired) electrons. The molecule has 53 heavy (non-hydrogen) atoms. The van der Waals surface area contributed by atoms with Gasteiger partial charge >= 0.3 is 0 Å². The van der Waals surface area contributed by atoms with E-state index >= 15 is 0 Å². The lowest BCUT2D eigenvalue weighted by Gasteiger charge is -2.13. The molecule has 0 saturated carbocycles. The highest BCUT2D eigenvalue weighted by atomic mass is 16.3. The van der Waals surface area contributed by atoms with E-state index < -0.39 is 0 Å². The number of para-hydroxylation sites is 3. The van der Waals surface area contributed by atoms with Crippen molar-refractivity contribution in [1.29, 1.82) is 5.26 Å². The van der Waals surface area contributed by atoms with Crippen LogP contribution in [-0.2, 0) is 0 Å². The van der Waals surface area contributed by atoms with Crippen LogP contribution in [0.5, 0.6) is 0 Å². The molecule has 3 aromatic heterocycles. The molecule has 246 valence electrons. The average Bonchev–Trinajstić information content (AvgIpc) is 3.89. The first-order valence-electron chi connectivity index (χ1n) is 17.8. The summed E-state index contributed by atoms with van der Waals surface area (Å²) < 4.78 is 11.3. The molecule has 0 amide bonds. The summed E-state index contributed by atoms with van der Waals surface area (Å²) in [5, 5.41) is 17.1. The maximum absolute atomic E-state index is 10.3. The molecule has 8 aromatic carbocycles. The topological polar surface area (TPSA) is 46.8 Å². The van der Waals surface area contributed by atoms with Crippen molar-refractivity contribution in [2.45, 2.75) is 0 Å². The molecule has 4 heteroatoms. The summed E-state index contributed by atoms with van der Waals surface area (Å²) in [5.41, 5.74) is 13.1. The summed E-state index contributed by atoms with van der Waals surface area (Å²) in [4.78, 5) is 0. The number of benzene rings is 8. The fraction of sp³-hybridized carbons (Fsp3) is 0. The number of nitriles is 1. The highest BCUT2D eigenvalue weighted by Crippen LogP contribution is 2.44. The molecule has 0 N–H and O–H groups in total. The predicted octanol–water partition coefficient (Wildman–Crippen LogP) is 13.0. The van der Waals surface area contributed by atoms with Crippen molar-refractivity contribution < 1.29 is 4.42 Å². The van der Waals surface area contributed by atoms with Crippen LogP contribution in [0.2, 0.25) is 0 Å². The largest absolute Gasteiger partial charge is 0.455 e. The van der Waals surface area contributed by atoms with Crippen LogP contribution in [0.25, 0.3) is 99.2 Å². The second kappa shape index (κ2) is 11.3. The van der Waals surface area contributed by atoms with Crippen molar-refractivity contribution in [2.75, 3.05) is 0 Å². The van der Waals surface area contributed by atoms with E-state index in [1.54, 1.807) is 0 Å². The van der Waals surface area contributed by atoms with Crippen LogP contribution >= 0.6 is 0 Å². The van der Waals surface area contributed by atoms with Gasteiger partial charge in [0.05, 0.1) is 39.1 Å². The molecule has 0 bridgehead atoms. The molecule has 0 aliphatic heterocycles. The van der Waals surface area contributed by atoms with E-state index in [1.807, 2.05) is 24.3 Å². The second-order valence-corrected chi connectivity index (χ2v) is 13.6. The molecule has 11 aromatic rings. The lowest BCUT2D eigenvalue weighted by atomic mass is 9.98. The van der Waals surface area contributed by atoms with E-state index in [4.69, 9.17) is 4.42 Å². The Morgan fingerprint density at radius 3 is 1.83 bits per heavy atom. The Kier molecular flexibility index (Phi) is 6.28. The molecule has 0 aliphatic carbocycles. The second-order valence-electron chi connectivity index (χ2n) is 13.6. The van der Waals surface area contributed by atoms with E-state index in [9.17, 15) is 5.26 Å². The molecule has 0 atom stereocenters. The average molecular weight is 676 g/mol. The standard InChI is InChI=1S/C49H29N3O/c50-30-31-26-34(29-36(27-31)52-42-20-7-4-16-38(42)39-17-5-8-21-43(39)52)33-14-10-15-35(28-33)51-44-22-11-19-37(32-12-2-1-3-13-32)47(44)48-45(51)25-24-41-40-18-6-9-23-46(40)53-49(41)48/h1-29H. The van der Waals surface area contributed by atoms with Gasteiger partial charge in [-0.05, 0) is 89.0 Å². The first-order valence-corrected chi connectivity index (χ1v) is 17.8. The van der Waals surface area contributed by atoms with Crippen LogP contribution in [0.3, 0.4) is 0 Å². The quantitative estimate of drug-likeness (QED) is 0.186. The Morgan fingerprint density at radius 2 is 1.04 bits per heavy atom. The number of hydrogen-bond donors (Lipinski definition) is 0. The SMILES string of the molecule is N#Cc1cc(-c2cccc(-n3c4cccc(-c5ccccc5)c4c4c5oc6ccccc6c5ccc43)c2)cc(-n2c3ccccc3c3ccccc32)c1. The molecule has 0 spiro atoms. The van der Waals surface area contributed by atoms with Gasteiger partial charge in [-0.1, -0.05) is 109 Å². The van der Waals surface area contributed by atoms with E-state index in [2.05, 4.69) is 167 Å². The Morgan fingerprint density at radius 1 is 0.415 bits per heavy atom. The molecule has 4 nitrogen and oxygen atoms in total. The van der Waals surface area contributed by atoms with Gasteiger partial charge in [0, 0.05) is 38.3 Å². The lowest BCUT2D eigenvalue weighted by molar-refractivity contribution is 0.673. The number of nitrogens with zero attached hydrogens (tertiary/aromatic N) is 3. The fourth-order valence-electron chi connectivity index (χ4n) is 8.46. The van der Waals surface area contributed by atoms with Crippen molar-refractivity contribution in [3.63, 3.8) is 0 Å². The minimum atomic E-state index is 0.612. The minimum Gasteiger partial charge on any atom is -0.455 e. The van der Waals surface area contributed by atoms with Crippen LogP contribution in [0.1, 0.15) is 5.56 Å². The molecular weight excluding hydrogens is 647 g/mol. The third kappa shape index (κ3) is 4.35. The molecule has 11 rings (SSSR count). The van der Waals surface area contributed by atoms with Crippen molar-refractivity contribution in [3.05, 3.63) is 181 Å². The Bertz CT molecular complexity index is 3250. The van der Waals surface area contributed by atoms with Crippen LogP contribution < -0.4 is 0 Å². The van der Waals surface area contributed by atoms with Crippen LogP contribution in [0.4, 0.5) is 0 Å². The summed E-state index contributed by atoms with van der Waals surface area (Å²) in [6, 6.07) is 64.1.